The SMILES string of the molecule is Cc1cc(N[C@@H](C)C(=O)N(C)C)nnc1C. The third-order valence-corrected chi connectivity index (χ3v) is 2.41. The van der Waals surface area contributed by atoms with Gasteiger partial charge in [-0.3, -0.25) is 4.79 Å². The first-order chi connectivity index (χ1) is 7.41. The Morgan fingerprint density at radius 2 is 2.00 bits per heavy atom. The summed E-state index contributed by atoms with van der Waals surface area (Å²) in [6.07, 6.45) is 0. The average Bonchev–Trinajstić information content (AvgIpc) is 2.22. The molecule has 0 aromatic carbocycles. The molecule has 1 rings (SSSR count). The predicted molar refractivity (Wildman–Crippen MR) is 63.3 cm³/mol. The van der Waals surface area contributed by atoms with Crippen LogP contribution in [0.25, 0.3) is 0 Å². The maximum absolute atomic E-state index is 11.6. The molecule has 0 fully saturated rings. The number of likely N-dealkylation sites (N-methyl/N-ethyl adjacent to an activating group) is 1. The van der Waals surface area contributed by atoms with Gasteiger partial charge < -0.3 is 10.2 Å². The molecule has 1 aromatic rings. The minimum atomic E-state index is -0.300. The third-order valence-electron chi connectivity index (χ3n) is 2.41. The number of nitrogens with zero attached hydrogens (tertiary/aromatic N) is 3. The van der Waals surface area contributed by atoms with Crippen LogP contribution in [-0.2, 0) is 4.79 Å². The van der Waals surface area contributed by atoms with Crippen LogP contribution >= 0.6 is 0 Å². The van der Waals surface area contributed by atoms with Gasteiger partial charge in [0.05, 0.1) is 5.69 Å². The fourth-order valence-electron chi connectivity index (χ4n) is 1.29. The predicted octanol–water partition coefficient (Wildman–Crippen LogP) is 0.982. The molecule has 0 bridgehead atoms. The van der Waals surface area contributed by atoms with Crippen molar-refractivity contribution in [3.05, 3.63) is 17.3 Å². The molecule has 0 aliphatic carbocycles. The molecule has 1 aromatic heterocycles. The Morgan fingerprint density at radius 3 is 2.50 bits per heavy atom. The molecule has 88 valence electrons. The van der Waals surface area contributed by atoms with Gasteiger partial charge in [-0.05, 0) is 32.4 Å². The highest BCUT2D eigenvalue weighted by molar-refractivity contribution is 5.83. The van der Waals surface area contributed by atoms with Gasteiger partial charge in [0.25, 0.3) is 0 Å². The Morgan fingerprint density at radius 1 is 1.38 bits per heavy atom. The van der Waals surface area contributed by atoms with Crippen molar-refractivity contribution in [2.45, 2.75) is 26.8 Å². The lowest BCUT2D eigenvalue weighted by atomic mass is 10.2. The molecule has 0 spiro atoms. The van der Waals surface area contributed by atoms with Crippen LogP contribution in [0, 0.1) is 13.8 Å². The van der Waals surface area contributed by atoms with E-state index in [0.29, 0.717) is 5.82 Å². The van der Waals surface area contributed by atoms with Gasteiger partial charge in [0.15, 0.2) is 0 Å². The summed E-state index contributed by atoms with van der Waals surface area (Å²) in [5.74, 6) is 0.644. The van der Waals surface area contributed by atoms with E-state index >= 15 is 0 Å². The molecule has 1 amide bonds. The lowest BCUT2D eigenvalue weighted by molar-refractivity contribution is -0.129. The van der Waals surface area contributed by atoms with Crippen LogP contribution in [0.1, 0.15) is 18.2 Å². The lowest BCUT2D eigenvalue weighted by Crippen LogP contribution is -2.36. The Kier molecular flexibility index (Phi) is 3.82. The topological polar surface area (TPSA) is 58.1 Å². The molecule has 1 N–H and O–H groups in total. The van der Waals surface area contributed by atoms with Crippen molar-refractivity contribution in [3.8, 4) is 0 Å². The second-order valence-electron chi connectivity index (χ2n) is 4.10. The van der Waals surface area contributed by atoms with Gasteiger partial charge in [-0.25, -0.2) is 0 Å². The normalized spacial score (nSPS) is 12.1. The van der Waals surface area contributed by atoms with Crippen LogP contribution in [0.5, 0.6) is 0 Å². The molecule has 0 aliphatic heterocycles. The minimum Gasteiger partial charge on any atom is -0.357 e. The van der Waals surface area contributed by atoms with Crippen LogP contribution < -0.4 is 5.32 Å². The first-order valence-electron chi connectivity index (χ1n) is 5.20. The summed E-state index contributed by atoms with van der Waals surface area (Å²) in [7, 11) is 3.46. The molecular weight excluding hydrogens is 204 g/mol. The second-order valence-corrected chi connectivity index (χ2v) is 4.10. The lowest BCUT2D eigenvalue weighted by Gasteiger charge is -2.18. The maximum Gasteiger partial charge on any atom is 0.244 e. The third kappa shape index (κ3) is 2.92. The molecule has 0 aliphatic rings. The monoisotopic (exact) mass is 222 g/mol. The van der Waals surface area contributed by atoms with Crippen molar-refractivity contribution in [3.63, 3.8) is 0 Å². The summed E-state index contributed by atoms with van der Waals surface area (Å²) in [6, 6.07) is 1.59. The Hall–Kier alpha value is -1.65. The summed E-state index contributed by atoms with van der Waals surface area (Å²) in [5.41, 5.74) is 1.96. The number of amides is 1. The van der Waals surface area contributed by atoms with Gasteiger partial charge in [0.2, 0.25) is 5.91 Å². The van der Waals surface area contributed by atoms with E-state index in [2.05, 4.69) is 15.5 Å². The number of anilines is 1. The maximum atomic E-state index is 11.6. The average molecular weight is 222 g/mol. The summed E-state index contributed by atoms with van der Waals surface area (Å²) >= 11 is 0. The zero-order valence-electron chi connectivity index (χ0n) is 10.4. The molecule has 1 atom stereocenters. The highest BCUT2D eigenvalue weighted by Crippen LogP contribution is 2.09. The Labute approximate surface area is 95.9 Å². The minimum absolute atomic E-state index is 0.0139. The van der Waals surface area contributed by atoms with Gasteiger partial charge in [0.1, 0.15) is 11.9 Å². The van der Waals surface area contributed by atoms with E-state index in [4.69, 9.17) is 0 Å². The van der Waals surface area contributed by atoms with Gasteiger partial charge in [-0.15, -0.1) is 5.10 Å². The van der Waals surface area contributed by atoms with Crippen molar-refractivity contribution in [1.29, 1.82) is 0 Å². The smallest absolute Gasteiger partial charge is 0.244 e. The molecular formula is C11H18N4O. The fourth-order valence-corrected chi connectivity index (χ4v) is 1.29. The molecule has 5 heteroatoms. The number of aryl methyl sites for hydroxylation is 2. The fraction of sp³-hybridized carbons (Fsp3) is 0.545. The summed E-state index contributed by atoms with van der Waals surface area (Å²) in [4.78, 5) is 13.2. The van der Waals surface area contributed by atoms with Gasteiger partial charge in [0, 0.05) is 14.1 Å². The molecule has 16 heavy (non-hydrogen) atoms. The summed E-state index contributed by atoms with van der Waals surface area (Å²) < 4.78 is 0. The summed E-state index contributed by atoms with van der Waals surface area (Å²) in [5, 5.41) is 11.0. The zero-order valence-corrected chi connectivity index (χ0v) is 10.4. The van der Waals surface area contributed by atoms with Crippen molar-refractivity contribution in [1.82, 2.24) is 15.1 Å². The van der Waals surface area contributed by atoms with E-state index in [-0.39, 0.29) is 11.9 Å². The molecule has 0 unspecified atom stereocenters. The largest absolute Gasteiger partial charge is 0.357 e. The zero-order chi connectivity index (χ0) is 12.3. The van der Waals surface area contributed by atoms with E-state index in [0.717, 1.165) is 11.3 Å². The number of hydrogen-bond donors (Lipinski definition) is 1. The highest BCUT2D eigenvalue weighted by atomic mass is 16.2. The van der Waals surface area contributed by atoms with E-state index in [1.54, 1.807) is 25.9 Å². The van der Waals surface area contributed by atoms with Crippen LogP contribution in [0.3, 0.4) is 0 Å². The Balaban J connectivity index is 2.73. The molecule has 0 radical (unpaired) electrons. The summed E-state index contributed by atoms with van der Waals surface area (Å²) in [6.45, 7) is 5.67. The van der Waals surface area contributed by atoms with Crippen molar-refractivity contribution < 1.29 is 4.79 Å². The van der Waals surface area contributed by atoms with Crippen LogP contribution in [0.2, 0.25) is 0 Å². The van der Waals surface area contributed by atoms with Gasteiger partial charge >= 0.3 is 0 Å². The van der Waals surface area contributed by atoms with Crippen LogP contribution in [0.4, 0.5) is 5.82 Å². The molecule has 0 saturated carbocycles. The van der Waals surface area contributed by atoms with E-state index in [9.17, 15) is 4.79 Å². The number of hydrogen-bond acceptors (Lipinski definition) is 4. The molecule has 1 heterocycles. The molecule has 5 nitrogen and oxygen atoms in total. The van der Waals surface area contributed by atoms with Crippen molar-refractivity contribution in [2.75, 3.05) is 19.4 Å². The van der Waals surface area contributed by atoms with E-state index in [1.165, 1.54) is 0 Å². The van der Waals surface area contributed by atoms with Crippen molar-refractivity contribution >= 4 is 11.7 Å². The first-order valence-corrected chi connectivity index (χ1v) is 5.20. The number of rotatable bonds is 3. The van der Waals surface area contributed by atoms with E-state index < -0.39 is 0 Å². The van der Waals surface area contributed by atoms with Gasteiger partial charge in [-0.1, -0.05) is 0 Å². The standard InChI is InChI=1S/C11H18N4O/c1-7-6-10(14-13-8(7)2)12-9(3)11(16)15(4)5/h6,9H,1-5H3,(H,12,14)/t9-/m0/s1. The molecule has 0 saturated heterocycles. The number of aromatic nitrogens is 2. The first kappa shape index (κ1) is 12.4. The highest BCUT2D eigenvalue weighted by Gasteiger charge is 2.15. The van der Waals surface area contributed by atoms with Crippen LogP contribution in [-0.4, -0.2) is 41.1 Å². The van der Waals surface area contributed by atoms with Gasteiger partial charge in [-0.2, -0.15) is 5.10 Å². The van der Waals surface area contributed by atoms with Crippen molar-refractivity contribution in [2.24, 2.45) is 0 Å². The second kappa shape index (κ2) is 4.92. The van der Waals surface area contributed by atoms with Crippen LogP contribution in [0.15, 0.2) is 6.07 Å². The Bertz CT molecular complexity index is 390. The van der Waals surface area contributed by atoms with E-state index in [1.807, 2.05) is 19.9 Å². The number of carbonyl (C=O) groups excluding carboxylic acids is 1. The number of nitrogens with one attached hydrogen (secondary N) is 1. The quantitative estimate of drug-likeness (QED) is 0.828. The number of carbonyl (C=O) groups is 1.